The first-order chi connectivity index (χ1) is 19.3. The van der Waals surface area contributed by atoms with Crippen LogP contribution in [0.2, 0.25) is 0 Å². The number of anilines is 2. The van der Waals surface area contributed by atoms with E-state index in [4.69, 9.17) is 19.4 Å². The number of carbonyl (C=O) groups is 1. The molecule has 2 aromatic carbocycles. The molecule has 0 spiro atoms. The van der Waals surface area contributed by atoms with E-state index < -0.39 is 32.1 Å². The van der Waals surface area contributed by atoms with Gasteiger partial charge < -0.3 is 14.4 Å². The zero-order valence-corrected chi connectivity index (χ0v) is 24.7. The smallest absolute Gasteiger partial charge is 0.412 e. The minimum Gasteiger partial charge on any atom is -0.444 e. The predicted octanol–water partition coefficient (Wildman–Crippen LogP) is 5.63. The largest absolute Gasteiger partial charge is 0.444 e. The van der Waals surface area contributed by atoms with E-state index in [-0.39, 0.29) is 10.9 Å². The quantitative estimate of drug-likeness (QED) is 0.398. The van der Waals surface area contributed by atoms with E-state index in [1.165, 1.54) is 12.1 Å². The third-order valence-electron chi connectivity index (χ3n) is 7.29. The lowest BCUT2D eigenvalue weighted by molar-refractivity contribution is 0.0636. The molecule has 1 aliphatic heterocycles. The maximum Gasteiger partial charge on any atom is 0.412 e. The molecular formula is C30H35FN4O5S. The zero-order valence-electron chi connectivity index (χ0n) is 23.9. The Morgan fingerprint density at radius 3 is 2.46 bits per heavy atom. The summed E-state index contributed by atoms with van der Waals surface area (Å²) >= 11 is 0. The number of ether oxygens (including phenoxy) is 2. The van der Waals surface area contributed by atoms with Crippen LogP contribution in [0.3, 0.4) is 0 Å². The number of aryl methyl sites for hydroxylation is 1. The summed E-state index contributed by atoms with van der Waals surface area (Å²) in [4.78, 5) is 23.9. The van der Waals surface area contributed by atoms with Gasteiger partial charge in [0.2, 0.25) is 0 Å². The van der Waals surface area contributed by atoms with E-state index >= 15 is 0 Å². The second-order valence-electron chi connectivity index (χ2n) is 11.7. The molecule has 218 valence electrons. The van der Waals surface area contributed by atoms with Crippen LogP contribution in [0, 0.1) is 12.7 Å². The lowest BCUT2D eigenvalue weighted by Crippen LogP contribution is -2.44. The fourth-order valence-electron chi connectivity index (χ4n) is 4.99. The molecule has 1 aliphatic carbocycles. The van der Waals surface area contributed by atoms with E-state index in [2.05, 4.69) is 10.2 Å². The second kappa shape index (κ2) is 10.7. The third-order valence-corrected chi connectivity index (χ3v) is 9.95. The Bertz CT molecular complexity index is 1570. The molecule has 1 aromatic heterocycles. The lowest BCUT2D eigenvalue weighted by atomic mass is 10.1. The molecule has 2 aliphatic rings. The molecule has 9 nitrogen and oxygen atoms in total. The van der Waals surface area contributed by atoms with Gasteiger partial charge in [0.05, 0.1) is 29.8 Å². The Kier molecular flexibility index (Phi) is 7.54. The van der Waals surface area contributed by atoms with Gasteiger partial charge in [-0.05, 0) is 89.4 Å². The Morgan fingerprint density at radius 1 is 1.12 bits per heavy atom. The minimum absolute atomic E-state index is 0.0194. The van der Waals surface area contributed by atoms with Crippen molar-refractivity contribution in [3.63, 3.8) is 0 Å². The molecule has 3 aromatic rings. The van der Waals surface area contributed by atoms with Crippen molar-refractivity contribution in [2.75, 3.05) is 30.0 Å². The molecule has 2 fully saturated rings. The molecule has 1 atom stereocenters. The van der Waals surface area contributed by atoms with Gasteiger partial charge in [0.15, 0.2) is 15.7 Å². The first-order valence-electron chi connectivity index (χ1n) is 13.6. The number of aromatic nitrogens is 2. The van der Waals surface area contributed by atoms with Gasteiger partial charge in [0.1, 0.15) is 22.0 Å². The van der Waals surface area contributed by atoms with E-state index in [9.17, 15) is 17.6 Å². The number of morpholine rings is 1. The van der Waals surface area contributed by atoms with Gasteiger partial charge in [-0.25, -0.2) is 27.6 Å². The van der Waals surface area contributed by atoms with Crippen LogP contribution in [0.1, 0.15) is 51.8 Å². The van der Waals surface area contributed by atoms with Crippen LogP contribution in [-0.4, -0.2) is 55.9 Å². The number of sulfone groups is 1. The van der Waals surface area contributed by atoms with Crippen LogP contribution in [0.25, 0.3) is 11.4 Å². The van der Waals surface area contributed by atoms with Crippen molar-refractivity contribution in [2.24, 2.45) is 0 Å². The predicted molar refractivity (Wildman–Crippen MR) is 154 cm³/mol. The highest BCUT2D eigenvalue weighted by atomic mass is 32.2. The van der Waals surface area contributed by atoms with Gasteiger partial charge in [0.25, 0.3) is 0 Å². The topological polar surface area (TPSA) is 111 Å². The van der Waals surface area contributed by atoms with Crippen molar-refractivity contribution in [1.82, 2.24) is 9.97 Å². The average Bonchev–Trinajstić information content (AvgIpc) is 3.72. The highest BCUT2D eigenvalue weighted by Gasteiger charge is 2.58. The molecule has 1 saturated carbocycles. The van der Waals surface area contributed by atoms with Crippen LogP contribution < -0.4 is 10.2 Å². The summed E-state index contributed by atoms with van der Waals surface area (Å²) in [7, 11) is -3.96. The summed E-state index contributed by atoms with van der Waals surface area (Å²) in [5, 5.41) is 2.71. The van der Waals surface area contributed by atoms with E-state index in [0.29, 0.717) is 66.8 Å². The van der Waals surface area contributed by atoms with Gasteiger partial charge in [-0.15, -0.1) is 0 Å². The molecule has 41 heavy (non-hydrogen) atoms. The van der Waals surface area contributed by atoms with Crippen LogP contribution in [0.15, 0.2) is 53.4 Å². The van der Waals surface area contributed by atoms with Gasteiger partial charge in [0, 0.05) is 23.9 Å². The molecule has 2 heterocycles. The number of carbonyl (C=O) groups excluding carboxylic acids is 1. The first-order valence-corrected chi connectivity index (χ1v) is 15.1. The van der Waals surface area contributed by atoms with Crippen molar-refractivity contribution in [2.45, 2.75) is 68.7 Å². The van der Waals surface area contributed by atoms with E-state index in [0.717, 1.165) is 6.07 Å². The van der Waals surface area contributed by atoms with Crippen molar-refractivity contribution >= 4 is 27.4 Å². The first kappa shape index (κ1) is 28.9. The molecule has 11 heteroatoms. The summed E-state index contributed by atoms with van der Waals surface area (Å²) in [6.45, 7) is 10.7. The van der Waals surface area contributed by atoms with Gasteiger partial charge >= 0.3 is 6.09 Å². The Morgan fingerprint density at radius 2 is 1.83 bits per heavy atom. The number of nitrogens with one attached hydrogen (secondary N) is 1. The monoisotopic (exact) mass is 582 g/mol. The molecule has 1 N–H and O–H groups in total. The molecule has 0 unspecified atom stereocenters. The van der Waals surface area contributed by atoms with Crippen LogP contribution in [0.4, 0.5) is 20.7 Å². The van der Waals surface area contributed by atoms with Crippen LogP contribution in [0.5, 0.6) is 0 Å². The molecular weight excluding hydrogens is 547 g/mol. The summed E-state index contributed by atoms with van der Waals surface area (Å²) in [6.07, 6.45) is 0.178. The zero-order chi connectivity index (χ0) is 29.6. The summed E-state index contributed by atoms with van der Waals surface area (Å²) in [5.74, 6) is 0.364. The normalized spacial score (nSPS) is 18.6. The molecule has 1 amide bonds. The number of hydrogen-bond acceptors (Lipinski definition) is 8. The number of rotatable bonds is 6. The third kappa shape index (κ3) is 5.92. The highest BCUT2D eigenvalue weighted by Crippen LogP contribution is 2.55. The molecule has 0 radical (unpaired) electrons. The van der Waals surface area contributed by atoms with Crippen molar-refractivity contribution in [3.8, 4) is 11.4 Å². The Balaban J connectivity index is 1.55. The SMILES string of the molecule is Cc1ccc(F)cc1S(=O)(=O)C1(c2cc(N3CCOC[C@@H]3C)nc(-c3ccc(NC(=O)OC(C)(C)C)cc3)n2)CC1. The summed E-state index contributed by atoms with van der Waals surface area (Å²) in [6, 6.07) is 12.6. The van der Waals surface area contributed by atoms with Crippen molar-refractivity contribution in [1.29, 1.82) is 0 Å². The maximum atomic E-state index is 14.2. The van der Waals surface area contributed by atoms with Crippen molar-refractivity contribution < 1.29 is 27.1 Å². The number of benzene rings is 2. The van der Waals surface area contributed by atoms with Crippen molar-refractivity contribution in [3.05, 3.63) is 65.6 Å². The summed E-state index contributed by atoms with van der Waals surface area (Å²) in [5.41, 5.74) is 1.43. The molecule has 1 saturated heterocycles. The second-order valence-corrected chi connectivity index (χ2v) is 13.9. The lowest BCUT2D eigenvalue weighted by Gasteiger charge is -2.34. The fraction of sp³-hybridized carbons (Fsp3) is 0.433. The number of amides is 1. The number of nitrogens with zero attached hydrogens (tertiary/aromatic N) is 3. The average molecular weight is 583 g/mol. The summed E-state index contributed by atoms with van der Waals surface area (Å²) < 4.78 is 51.9. The number of hydrogen-bond donors (Lipinski definition) is 1. The van der Waals surface area contributed by atoms with E-state index in [1.807, 2.05) is 6.92 Å². The highest BCUT2D eigenvalue weighted by molar-refractivity contribution is 7.92. The Hall–Kier alpha value is -3.57. The molecule has 0 bridgehead atoms. The van der Waals surface area contributed by atoms with Crippen LogP contribution in [-0.2, 0) is 24.1 Å². The number of halogens is 1. The molecule has 5 rings (SSSR count). The van der Waals surface area contributed by atoms with E-state index in [1.54, 1.807) is 58.0 Å². The standard InChI is InChI=1S/C30H35FN4O5S/c1-19-6-9-22(31)16-24(19)41(37,38)30(12-13-30)25-17-26(35-14-15-39-18-20(35)2)34-27(33-25)21-7-10-23(11-8-21)32-28(36)40-29(3,4)5/h6-11,16-17,20H,12-15,18H2,1-5H3,(H,32,36)/t20-/m0/s1. The van der Waals surface area contributed by atoms with Crippen LogP contribution >= 0.6 is 0 Å². The fourth-order valence-corrected chi connectivity index (χ4v) is 7.19. The van der Waals surface area contributed by atoms with Gasteiger partial charge in [-0.3, -0.25) is 5.32 Å². The van der Waals surface area contributed by atoms with Gasteiger partial charge in [-0.1, -0.05) is 6.07 Å². The minimum atomic E-state index is -3.96. The maximum absolute atomic E-state index is 14.2. The van der Waals surface area contributed by atoms with Gasteiger partial charge in [-0.2, -0.15) is 0 Å². The Labute approximate surface area is 240 Å².